The molecule has 0 saturated heterocycles. The Labute approximate surface area is 143 Å². The van der Waals surface area contributed by atoms with Gasteiger partial charge in [0.25, 0.3) is 0 Å². The number of benzene rings is 2. The number of nitrogens with zero attached hydrogens (tertiary/aromatic N) is 5. The molecule has 2 aromatic heterocycles. The van der Waals surface area contributed by atoms with Crippen molar-refractivity contribution in [2.45, 2.75) is 17.8 Å². The van der Waals surface area contributed by atoms with E-state index in [0.29, 0.717) is 5.56 Å². The summed E-state index contributed by atoms with van der Waals surface area (Å²) in [6.45, 7) is 1.88. The van der Waals surface area contributed by atoms with Crippen LogP contribution in [0, 0.1) is 18.3 Å². The van der Waals surface area contributed by atoms with E-state index in [9.17, 15) is 0 Å². The van der Waals surface area contributed by atoms with Crippen LogP contribution in [-0.4, -0.2) is 19.6 Å². The zero-order valence-electron chi connectivity index (χ0n) is 13.0. The molecule has 24 heavy (non-hydrogen) atoms. The molecule has 0 unspecified atom stereocenters. The lowest BCUT2D eigenvalue weighted by molar-refractivity contribution is 0.797. The van der Waals surface area contributed by atoms with E-state index in [2.05, 4.69) is 16.2 Å². The Bertz CT molecular complexity index is 1090. The SMILES string of the molecule is Cc1nc2c3ccccc3nc(SCc3cccc(C#N)c3)n2n1. The third-order valence-corrected chi connectivity index (χ3v) is 4.68. The first-order valence-electron chi connectivity index (χ1n) is 7.48. The number of para-hydroxylation sites is 1. The van der Waals surface area contributed by atoms with E-state index >= 15 is 0 Å². The van der Waals surface area contributed by atoms with Gasteiger partial charge in [0.15, 0.2) is 10.8 Å². The molecule has 0 aliphatic carbocycles. The zero-order chi connectivity index (χ0) is 16.5. The molecule has 0 saturated carbocycles. The highest BCUT2D eigenvalue weighted by atomic mass is 32.2. The Morgan fingerprint density at radius 2 is 2.00 bits per heavy atom. The van der Waals surface area contributed by atoms with Gasteiger partial charge in [0.05, 0.1) is 17.1 Å². The second-order valence-electron chi connectivity index (χ2n) is 5.41. The van der Waals surface area contributed by atoms with Gasteiger partial charge < -0.3 is 0 Å². The highest BCUT2D eigenvalue weighted by molar-refractivity contribution is 7.98. The minimum atomic E-state index is 0.668. The van der Waals surface area contributed by atoms with Crippen molar-refractivity contribution >= 4 is 28.3 Å². The van der Waals surface area contributed by atoms with Crippen LogP contribution in [-0.2, 0) is 5.75 Å². The lowest BCUT2D eigenvalue weighted by Gasteiger charge is -2.06. The van der Waals surface area contributed by atoms with Gasteiger partial charge in [-0.2, -0.15) is 9.78 Å². The Balaban J connectivity index is 1.76. The highest BCUT2D eigenvalue weighted by Gasteiger charge is 2.12. The van der Waals surface area contributed by atoms with Crippen LogP contribution < -0.4 is 0 Å². The summed E-state index contributed by atoms with van der Waals surface area (Å²) in [4.78, 5) is 9.27. The van der Waals surface area contributed by atoms with Crippen LogP contribution in [0.15, 0.2) is 53.7 Å². The molecule has 0 spiro atoms. The number of thioether (sulfide) groups is 1. The maximum Gasteiger partial charge on any atom is 0.191 e. The Morgan fingerprint density at radius 3 is 2.88 bits per heavy atom. The molecule has 2 heterocycles. The number of nitriles is 1. The predicted octanol–water partition coefficient (Wildman–Crippen LogP) is 3.75. The van der Waals surface area contributed by atoms with Crippen LogP contribution in [0.5, 0.6) is 0 Å². The van der Waals surface area contributed by atoms with Gasteiger partial charge in [-0.05, 0) is 36.8 Å². The van der Waals surface area contributed by atoms with Gasteiger partial charge in [0.2, 0.25) is 0 Å². The summed E-state index contributed by atoms with van der Waals surface area (Å²) < 4.78 is 1.80. The molecule has 2 aromatic carbocycles. The van der Waals surface area contributed by atoms with E-state index in [1.165, 1.54) is 0 Å². The highest BCUT2D eigenvalue weighted by Crippen LogP contribution is 2.26. The number of rotatable bonds is 3. The monoisotopic (exact) mass is 331 g/mol. The van der Waals surface area contributed by atoms with Crippen molar-refractivity contribution in [3.05, 3.63) is 65.5 Å². The number of aromatic nitrogens is 4. The van der Waals surface area contributed by atoms with Gasteiger partial charge in [-0.25, -0.2) is 9.97 Å². The molecule has 0 radical (unpaired) electrons. The van der Waals surface area contributed by atoms with Crippen LogP contribution in [0.1, 0.15) is 17.0 Å². The normalized spacial score (nSPS) is 11.0. The van der Waals surface area contributed by atoms with Crippen molar-refractivity contribution in [1.82, 2.24) is 19.6 Å². The first-order valence-corrected chi connectivity index (χ1v) is 8.47. The van der Waals surface area contributed by atoms with Crippen LogP contribution in [0.25, 0.3) is 16.6 Å². The number of aryl methyl sites for hydroxylation is 1. The van der Waals surface area contributed by atoms with Crippen molar-refractivity contribution < 1.29 is 0 Å². The van der Waals surface area contributed by atoms with Gasteiger partial charge in [0, 0.05) is 11.1 Å². The summed E-state index contributed by atoms with van der Waals surface area (Å²) in [6.07, 6.45) is 0. The molecule has 5 nitrogen and oxygen atoms in total. The zero-order valence-corrected chi connectivity index (χ0v) is 13.8. The molecule has 0 aliphatic rings. The molecule has 0 aliphatic heterocycles. The summed E-state index contributed by atoms with van der Waals surface area (Å²) in [6, 6.07) is 17.7. The van der Waals surface area contributed by atoms with E-state index < -0.39 is 0 Å². The average Bonchev–Trinajstić information content (AvgIpc) is 3.02. The first-order chi connectivity index (χ1) is 11.7. The summed E-state index contributed by atoms with van der Waals surface area (Å²) in [7, 11) is 0. The summed E-state index contributed by atoms with van der Waals surface area (Å²) >= 11 is 1.59. The molecular formula is C18H13N5S. The lowest BCUT2D eigenvalue weighted by Crippen LogP contribution is -1.98. The van der Waals surface area contributed by atoms with Crippen molar-refractivity contribution in [3.63, 3.8) is 0 Å². The smallest absolute Gasteiger partial charge is 0.191 e. The Morgan fingerprint density at radius 1 is 1.12 bits per heavy atom. The number of hydrogen-bond donors (Lipinski definition) is 0. The molecule has 0 fully saturated rings. The quantitative estimate of drug-likeness (QED) is 0.422. The molecule has 6 heteroatoms. The van der Waals surface area contributed by atoms with Crippen LogP contribution in [0.4, 0.5) is 0 Å². The fourth-order valence-corrected chi connectivity index (χ4v) is 3.49. The number of hydrogen-bond acceptors (Lipinski definition) is 5. The first kappa shape index (κ1) is 14.7. The van der Waals surface area contributed by atoms with E-state index in [1.807, 2.05) is 49.4 Å². The number of fused-ring (bicyclic) bond motifs is 3. The molecule has 0 atom stereocenters. The largest absolute Gasteiger partial charge is 0.222 e. The van der Waals surface area contributed by atoms with Gasteiger partial charge in [-0.15, -0.1) is 5.10 Å². The molecule has 116 valence electrons. The lowest BCUT2D eigenvalue weighted by atomic mass is 10.2. The van der Waals surface area contributed by atoms with Crippen molar-refractivity contribution in [1.29, 1.82) is 5.26 Å². The maximum absolute atomic E-state index is 9.02. The molecule has 4 rings (SSSR count). The van der Waals surface area contributed by atoms with Gasteiger partial charge >= 0.3 is 0 Å². The van der Waals surface area contributed by atoms with Gasteiger partial charge in [0.1, 0.15) is 5.82 Å². The molecule has 0 N–H and O–H groups in total. The van der Waals surface area contributed by atoms with Crippen molar-refractivity contribution in [3.8, 4) is 6.07 Å². The van der Waals surface area contributed by atoms with E-state index in [1.54, 1.807) is 22.3 Å². The fraction of sp³-hybridized carbons (Fsp3) is 0.111. The van der Waals surface area contributed by atoms with Crippen molar-refractivity contribution in [2.75, 3.05) is 0 Å². The second kappa shape index (κ2) is 5.95. The van der Waals surface area contributed by atoms with Crippen LogP contribution in [0.2, 0.25) is 0 Å². The van der Waals surface area contributed by atoms with E-state index in [4.69, 9.17) is 10.2 Å². The second-order valence-corrected chi connectivity index (χ2v) is 6.35. The predicted molar refractivity (Wildman–Crippen MR) is 93.7 cm³/mol. The summed E-state index contributed by atoms with van der Waals surface area (Å²) in [5.41, 5.74) is 3.48. The minimum Gasteiger partial charge on any atom is -0.222 e. The maximum atomic E-state index is 9.02. The van der Waals surface area contributed by atoms with Gasteiger partial charge in [-0.3, -0.25) is 0 Å². The van der Waals surface area contributed by atoms with Crippen LogP contribution in [0.3, 0.4) is 0 Å². The topological polar surface area (TPSA) is 66.9 Å². The summed E-state index contributed by atoms with van der Waals surface area (Å²) in [5, 5.41) is 15.3. The molecule has 0 amide bonds. The summed E-state index contributed by atoms with van der Waals surface area (Å²) in [5.74, 6) is 1.44. The average molecular weight is 331 g/mol. The third kappa shape index (κ3) is 2.59. The van der Waals surface area contributed by atoms with Crippen molar-refractivity contribution in [2.24, 2.45) is 0 Å². The van der Waals surface area contributed by atoms with E-state index in [0.717, 1.165) is 38.8 Å². The van der Waals surface area contributed by atoms with E-state index in [-0.39, 0.29) is 0 Å². The Hall–Kier alpha value is -2.91. The molecular weight excluding hydrogens is 318 g/mol. The van der Waals surface area contributed by atoms with Crippen LogP contribution >= 0.6 is 11.8 Å². The minimum absolute atomic E-state index is 0.668. The molecule has 0 bridgehead atoms. The Kier molecular flexibility index (Phi) is 3.63. The fourth-order valence-electron chi connectivity index (χ4n) is 2.61. The standard InChI is InChI=1S/C18H13N5S/c1-12-20-17-15-7-2-3-8-16(15)21-18(23(17)22-12)24-11-14-6-4-5-13(9-14)10-19/h2-9H,11H2,1H3. The van der Waals surface area contributed by atoms with Gasteiger partial charge in [-0.1, -0.05) is 36.0 Å². The molecule has 4 aromatic rings. The third-order valence-electron chi connectivity index (χ3n) is 3.68.